The number of rotatable bonds is 5. The van der Waals surface area contributed by atoms with E-state index in [1.807, 2.05) is 6.92 Å². The van der Waals surface area contributed by atoms with Crippen LogP contribution in [0.5, 0.6) is 0 Å². The highest BCUT2D eigenvalue weighted by molar-refractivity contribution is 7.90. The van der Waals surface area contributed by atoms with Gasteiger partial charge in [0.2, 0.25) is 0 Å². The highest BCUT2D eigenvalue weighted by atomic mass is 32.2. The Hall–Kier alpha value is -1.67. The molecule has 2 unspecified atom stereocenters. The molecule has 1 aromatic carbocycles. The van der Waals surface area contributed by atoms with Gasteiger partial charge in [-0.2, -0.15) is 0 Å². The Morgan fingerprint density at radius 2 is 2.18 bits per heavy atom. The fourth-order valence-electron chi connectivity index (χ4n) is 2.80. The van der Waals surface area contributed by atoms with Crippen LogP contribution in [0.1, 0.15) is 19.8 Å². The third kappa shape index (κ3) is 3.75. The van der Waals surface area contributed by atoms with E-state index in [4.69, 9.17) is 0 Å². The van der Waals surface area contributed by atoms with Gasteiger partial charge in [-0.1, -0.05) is 6.07 Å². The summed E-state index contributed by atoms with van der Waals surface area (Å²) < 4.78 is 23.5. The van der Waals surface area contributed by atoms with Gasteiger partial charge < -0.3 is 10.6 Å². The molecule has 1 aliphatic rings. The summed E-state index contributed by atoms with van der Waals surface area (Å²) in [5.41, 5.74) is -0.119. The largest absolute Gasteiger partial charge is 0.377 e. The van der Waals surface area contributed by atoms with E-state index in [9.17, 15) is 18.5 Å². The number of benzene rings is 1. The summed E-state index contributed by atoms with van der Waals surface area (Å²) in [6.07, 6.45) is 3.09. The maximum Gasteiger partial charge on any atom is 0.310 e. The maximum absolute atomic E-state index is 11.8. The molecule has 0 aromatic heterocycles. The monoisotopic (exact) mass is 327 g/mol. The lowest BCUT2D eigenvalue weighted by Crippen LogP contribution is -2.38. The summed E-state index contributed by atoms with van der Waals surface area (Å²) in [6, 6.07) is 4.36. The zero-order valence-electron chi connectivity index (χ0n) is 12.7. The van der Waals surface area contributed by atoms with E-state index in [-0.39, 0.29) is 22.3 Å². The lowest BCUT2D eigenvalue weighted by Gasteiger charge is -2.29. The average molecular weight is 327 g/mol. The Morgan fingerprint density at radius 3 is 2.73 bits per heavy atom. The summed E-state index contributed by atoms with van der Waals surface area (Å²) in [7, 11) is -3.66. The zero-order valence-corrected chi connectivity index (χ0v) is 13.5. The van der Waals surface area contributed by atoms with Crippen molar-refractivity contribution < 1.29 is 13.3 Å². The maximum atomic E-state index is 11.8. The molecule has 1 heterocycles. The van der Waals surface area contributed by atoms with Crippen molar-refractivity contribution in [3.63, 3.8) is 0 Å². The number of para-hydroxylation sites is 1. The predicted molar refractivity (Wildman–Crippen MR) is 84.9 cm³/mol. The van der Waals surface area contributed by atoms with Gasteiger partial charge >= 0.3 is 5.69 Å². The van der Waals surface area contributed by atoms with Crippen LogP contribution in [-0.4, -0.2) is 38.7 Å². The molecule has 7 nitrogen and oxygen atoms in total. The Labute approximate surface area is 130 Å². The van der Waals surface area contributed by atoms with Crippen LogP contribution in [0.25, 0.3) is 0 Å². The van der Waals surface area contributed by atoms with E-state index in [1.54, 1.807) is 6.07 Å². The number of anilines is 1. The number of hydrogen-bond acceptors (Lipinski definition) is 6. The van der Waals surface area contributed by atoms with Crippen LogP contribution in [0.4, 0.5) is 11.4 Å². The van der Waals surface area contributed by atoms with Gasteiger partial charge in [0.1, 0.15) is 10.6 Å². The van der Waals surface area contributed by atoms with E-state index in [0.29, 0.717) is 5.92 Å². The second-order valence-corrected chi connectivity index (χ2v) is 7.71. The topological polar surface area (TPSA) is 101 Å². The number of piperidine rings is 1. The Kier molecular flexibility index (Phi) is 5.02. The minimum Gasteiger partial charge on any atom is -0.377 e. The third-order valence-electron chi connectivity index (χ3n) is 4.01. The van der Waals surface area contributed by atoms with Gasteiger partial charge in [0, 0.05) is 12.3 Å². The Morgan fingerprint density at radius 1 is 1.45 bits per heavy atom. The summed E-state index contributed by atoms with van der Waals surface area (Å²) >= 11 is 0. The molecule has 2 N–H and O–H groups in total. The normalized spacial score (nSPS) is 20.4. The van der Waals surface area contributed by atoms with Crippen LogP contribution in [0.15, 0.2) is 23.1 Å². The van der Waals surface area contributed by atoms with Crippen LogP contribution in [0, 0.1) is 16.0 Å². The van der Waals surface area contributed by atoms with E-state index in [2.05, 4.69) is 10.6 Å². The number of hydrogen-bond donors (Lipinski definition) is 2. The van der Waals surface area contributed by atoms with Gasteiger partial charge in [-0.25, -0.2) is 8.42 Å². The van der Waals surface area contributed by atoms with Crippen molar-refractivity contribution in [3.8, 4) is 0 Å². The summed E-state index contributed by atoms with van der Waals surface area (Å²) in [4.78, 5) is 10.4. The van der Waals surface area contributed by atoms with Crippen LogP contribution < -0.4 is 10.6 Å². The molecule has 0 radical (unpaired) electrons. The molecular weight excluding hydrogens is 306 g/mol. The first kappa shape index (κ1) is 16.7. The third-order valence-corrected chi connectivity index (χ3v) is 5.13. The van der Waals surface area contributed by atoms with Gasteiger partial charge in [-0.05, 0) is 50.9 Å². The molecule has 0 aliphatic carbocycles. The molecule has 0 saturated carbocycles. The first-order chi connectivity index (χ1) is 10.3. The van der Waals surface area contributed by atoms with Gasteiger partial charge in [-0.3, -0.25) is 10.1 Å². The van der Waals surface area contributed by atoms with E-state index >= 15 is 0 Å². The molecule has 122 valence electrons. The van der Waals surface area contributed by atoms with Crippen LogP contribution in [0.3, 0.4) is 0 Å². The second kappa shape index (κ2) is 6.62. The molecule has 0 bridgehead atoms. The molecule has 1 fully saturated rings. The zero-order chi connectivity index (χ0) is 16.3. The van der Waals surface area contributed by atoms with Crippen molar-refractivity contribution in [2.45, 2.75) is 30.7 Å². The minimum absolute atomic E-state index is 0.0151. The number of nitrogens with one attached hydrogen (secondary N) is 2. The SMILES string of the molecule is CC(Nc1cccc(S(C)(=O)=O)c1[N+](=O)[O-])C1CCCNC1. The lowest BCUT2D eigenvalue weighted by molar-refractivity contribution is -0.386. The van der Waals surface area contributed by atoms with Crippen LogP contribution in [-0.2, 0) is 9.84 Å². The number of sulfone groups is 1. The highest BCUT2D eigenvalue weighted by Gasteiger charge is 2.28. The molecule has 1 aromatic rings. The molecular formula is C14H21N3O4S. The van der Waals surface area contributed by atoms with Gasteiger partial charge in [0.05, 0.1) is 4.92 Å². The van der Waals surface area contributed by atoms with Crippen molar-refractivity contribution in [2.24, 2.45) is 5.92 Å². The molecule has 22 heavy (non-hydrogen) atoms. The van der Waals surface area contributed by atoms with Crippen molar-refractivity contribution in [3.05, 3.63) is 28.3 Å². The first-order valence-corrected chi connectivity index (χ1v) is 9.14. The fraction of sp³-hybridized carbons (Fsp3) is 0.571. The predicted octanol–water partition coefficient (Wildman–Crippen LogP) is 1.80. The highest BCUT2D eigenvalue weighted by Crippen LogP contribution is 2.33. The van der Waals surface area contributed by atoms with Gasteiger partial charge in [0.25, 0.3) is 0 Å². The van der Waals surface area contributed by atoms with Crippen LogP contribution >= 0.6 is 0 Å². The summed E-state index contributed by atoms with van der Waals surface area (Å²) in [6.45, 7) is 3.81. The van der Waals surface area contributed by atoms with Crippen molar-refractivity contribution in [1.29, 1.82) is 0 Å². The molecule has 2 rings (SSSR count). The molecule has 2 atom stereocenters. The molecule has 1 aliphatic heterocycles. The lowest BCUT2D eigenvalue weighted by atomic mass is 9.92. The Bertz CT molecular complexity index is 654. The molecule has 0 spiro atoms. The Balaban J connectivity index is 2.32. The van der Waals surface area contributed by atoms with Gasteiger partial charge in [-0.15, -0.1) is 0 Å². The van der Waals surface area contributed by atoms with Crippen molar-refractivity contribution in [2.75, 3.05) is 24.7 Å². The molecule has 1 saturated heterocycles. The minimum atomic E-state index is -3.66. The second-order valence-electron chi connectivity index (χ2n) is 5.72. The standard InChI is InChI=1S/C14H21N3O4S/c1-10(11-5-4-8-15-9-11)16-12-6-3-7-13(22(2,20)21)14(12)17(18)19/h3,6-7,10-11,15-16H,4-5,8-9H2,1-2H3. The quantitative estimate of drug-likeness (QED) is 0.631. The van der Waals surface area contributed by atoms with Crippen LogP contribution in [0.2, 0.25) is 0 Å². The molecule has 0 amide bonds. The van der Waals surface area contributed by atoms with E-state index < -0.39 is 14.8 Å². The first-order valence-electron chi connectivity index (χ1n) is 7.25. The number of nitro benzene ring substituents is 1. The average Bonchev–Trinajstić information content (AvgIpc) is 2.46. The number of nitrogens with zero attached hydrogens (tertiary/aromatic N) is 1. The molecule has 8 heteroatoms. The smallest absolute Gasteiger partial charge is 0.310 e. The summed E-state index contributed by atoms with van der Waals surface area (Å²) in [5.74, 6) is 0.357. The van der Waals surface area contributed by atoms with Crippen molar-refractivity contribution >= 4 is 21.2 Å². The summed E-state index contributed by atoms with van der Waals surface area (Å²) in [5, 5.41) is 17.8. The van der Waals surface area contributed by atoms with Gasteiger partial charge in [0.15, 0.2) is 9.84 Å². The van der Waals surface area contributed by atoms with Crippen molar-refractivity contribution in [1.82, 2.24) is 5.32 Å². The van der Waals surface area contributed by atoms with E-state index in [1.165, 1.54) is 12.1 Å². The van der Waals surface area contributed by atoms with E-state index in [0.717, 1.165) is 32.2 Å². The fourth-order valence-corrected chi connectivity index (χ4v) is 3.66. The number of nitro groups is 1.